The van der Waals surface area contributed by atoms with Crippen molar-refractivity contribution in [3.8, 4) is 0 Å². The van der Waals surface area contributed by atoms with Crippen LogP contribution in [0, 0.1) is 10.1 Å². The van der Waals surface area contributed by atoms with Crippen LogP contribution in [0.3, 0.4) is 0 Å². The molecule has 9 nitrogen and oxygen atoms in total. The first-order valence-electron chi connectivity index (χ1n) is 8.13. The van der Waals surface area contributed by atoms with E-state index in [1.54, 1.807) is 0 Å². The van der Waals surface area contributed by atoms with E-state index in [-0.39, 0.29) is 28.9 Å². The number of benzene rings is 1. The second kappa shape index (κ2) is 6.50. The van der Waals surface area contributed by atoms with Crippen LogP contribution in [-0.4, -0.2) is 31.6 Å². The number of nitro groups is 1. The van der Waals surface area contributed by atoms with E-state index < -0.39 is 10.8 Å². The van der Waals surface area contributed by atoms with Gasteiger partial charge in [0, 0.05) is 36.2 Å². The van der Waals surface area contributed by atoms with E-state index in [9.17, 15) is 14.9 Å². The fraction of sp³-hybridized carbons (Fsp3) is 0.438. The number of nitrogens with two attached hydrogens (primary N) is 1. The van der Waals surface area contributed by atoms with Crippen molar-refractivity contribution in [2.24, 2.45) is 0 Å². The highest BCUT2D eigenvalue weighted by Crippen LogP contribution is 2.21. The maximum atomic E-state index is 12.5. The van der Waals surface area contributed by atoms with E-state index in [4.69, 9.17) is 5.73 Å². The van der Waals surface area contributed by atoms with Gasteiger partial charge in [0.1, 0.15) is 5.82 Å². The Kier molecular flexibility index (Phi) is 4.39. The predicted molar refractivity (Wildman–Crippen MR) is 91.2 cm³/mol. The molecule has 0 fully saturated rings. The highest BCUT2D eigenvalue weighted by Gasteiger charge is 2.25. The monoisotopic (exact) mass is 344 g/mol. The fourth-order valence-corrected chi connectivity index (χ4v) is 2.81. The fourth-order valence-electron chi connectivity index (χ4n) is 2.81. The molecular formula is C16H20N6O3. The molecule has 3 N–H and O–H groups in total. The Morgan fingerprint density at radius 3 is 2.92 bits per heavy atom. The van der Waals surface area contributed by atoms with Crippen molar-refractivity contribution < 1.29 is 9.72 Å². The lowest BCUT2D eigenvalue weighted by Crippen LogP contribution is -2.41. The number of fused-ring (bicyclic) bond motifs is 1. The van der Waals surface area contributed by atoms with Crippen molar-refractivity contribution in [2.75, 3.05) is 5.73 Å². The standard InChI is InChI=1S/C16H20N6O3/c1-9(2)15-19-14-6-3-10(8-21(14)20-15)18-16(23)12-7-11(22(24)25)4-5-13(12)17/h4-5,7,9-10H,3,6,8,17H2,1-2H3,(H,18,23). The Morgan fingerprint density at radius 2 is 2.24 bits per heavy atom. The third kappa shape index (κ3) is 3.44. The summed E-state index contributed by atoms with van der Waals surface area (Å²) >= 11 is 0. The molecule has 9 heteroatoms. The molecular weight excluding hydrogens is 324 g/mol. The number of non-ortho nitro benzene ring substituents is 1. The lowest BCUT2D eigenvalue weighted by atomic mass is 10.1. The number of nitro benzene ring substituents is 1. The summed E-state index contributed by atoms with van der Waals surface area (Å²) in [5.74, 6) is 1.55. The van der Waals surface area contributed by atoms with Crippen LogP contribution >= 0.6 is 0 Å². The third-order valence-corrected chi connectivity index (χ3v) is 4.22. The Hall–Kier alpha value is -2.97. The first-order valence-corrected chi connectivity index (χ1v) is 8.13. The van der Waals surface area contributed by atoms with Crippen molar-refractivity contribution in [2.45, 2.75) is 45.2 Å². The minimum absolute atomic E-state index is 0.112. The molecule has 1 aromatic heterocycles. The molecule has 25 heavy (non-hydrogen) atoms. The summed E-state index contributed by atoms with van der Waals surface area (Å²) < 4.78 is 1.82. The molecule has 0 radical (unpaired) electrons. The van der Waals surface area contributed by atoms with Crippen LogP contribution in [-0.2, 0) is 13.0 Å². The van der Waals surface area contributed by atoms with Gasteiger partial charge >= 0.3 is 0 Å². The SMILES string of the molecule is CC(C)c1nc2n(n1)CC(NC(=O)c1cc([N+](=O)[O-])ccc1N)CC2. The summed E-state index contributed by atoms with van der Waals surface area (Å²) in [7, 11) is 0. The molecule has 0 spiro atoms. The van der Waals surface area contributed by atoms with Gasteiger partial charge in [-0.3, -0.25) is 14.9 Å². The van der Waals surface area contributed by atoms with Crippen molar-refractivity contribution >= 4 is 17.3 Å². The van der Waals surface area contributed by atoms with Crippen LogP contribution < -0.4 is 11.1 Å². The second-order valence-electron chi connectivity index (χ2n) is 6.46. The van der Waals surface area contributed by atoms with Crippen molar-refractivity contribution in [1.29, 1.82) is 0 Å². The van der Waals surface area contributed by atoms with Gasteiger partial charge in [0.05, 0.1) is 17.0 Å². The van der Waals surface area contributed by atoms with Gasteiger partial charge in [-0.1, -0.05) is 13.8 Å². The smallest absolute Gasteiger partial charge is 0.270 e. The largest absolute Gasteiger partial charge is 0.398 e. The third-order valence-electron chi connectivity index (χ3n) is 4.22. The lowest BCUT2D eigenvalue weighted by Gasteiger charge is -2.23. The van der Waals surface area contributed by atoms with Crippen LogP contribution in [0.4, 0.5) is 11.4 Å². The number of rotatable bonds is 4. The van der Waals surface area contributed by atoms with E-state index in [1.165, 1.54) is 18.2 Å². The number of hydrogen-bond acceptors (Lipinski definition) is 6. The van der Waals surface area contributed by atoms with Crippen LogP contribution in [0.2, 0.25) is 0 Å². The Labute approximate surface area is 144 Å². The van der Waals surface area contributed by atoms with Gasteiger partial charge in [0.25, 0.3) is 11.6 Å². The van der Waals surface area contributed by atoms with E-state index in [0.717, 1.165) is 24.5 Å². The Balaban J connectivity index is 1.74. The summed E-state index contributed by atoms with van der Waals surface area (Å²) in [5, 5.41) is 18.3. The maximum Gasteiger partial charge on any atom is 0.270 e. The van der Waals surface area contributed by atoms with Crippen LogP contribution in [0.1, 0.15) is 48.2 Å². The zero-order valence-electron chi connectivity index (χ0n) is 14.1. The zero-order valence-corrected chi connectivity index (χ0v) is 14.1. The Bertz CT molecular complexity index is 829. The van der Waals surface area contributed by atoms with Gasteiger partial charge in [-0.05, 0) is 12.5 Å². The van der Waals surface area contributed by atoms with E-state index in [2.05, 4.69) is 15.4 Å². The molecule has 0 saturated carbocycles. The van der Waals surface area contributed by atoms with Gasteiger partial charge < -0.3 is 11.1 Å². The van der Waals surface area contributed by atoms with Crippen molar-refractivity contribution in [1.82, 2.24) is 20.1 Å². The molecule has 0 bridgehead atoms. The van der Waals surface area contributed by atoms with Crippen molar-refractivity contribution in [3.05, 3.63) is 45.5 Å². The molecule has 2 aromatic rings. The minimum Gasteiger partial charge on any atom is -0.398 e. The van der Waals surface area contributed by atoms with Crippen LogP contribution in [0.25, 0.3) is 0 Å². The minimum atomic E-state index is -0.550. The normalized spacial score (nSPS) is 16.5. The van der Waals surface area contributed by atoms with E-state index in [1.807, 2.05) is 18.5 Å². The molecule has 2 heterocycles. The average Bonchev–Trinajstić information content (AvgIpc) is 2.98. The number of aryl methyl sites for hydroxylation is 1. The first kappa shape index (κ1) is 16.9. The summed E-state index contributed by atoms with van der Waals surface area (Å²) in [6.45, 7) is 4.59. The number of nitrogen functional groups attached to an aromatic ring is 1. The molecule has 3 rings (SSSR count). The molecule has 1 aromatic carbocycles. The molecule has 132 valence electrons. The summed E-state index contributed by atoms with van der Waals surface area (Å²) in [6, 6.07) is 3.73. The molecule has 0 saturated heterocycles. The Morgan fingerprint density at radius 1 is 1.48 bits per heavy atom. The number of amides is 1. The number of anilines is 1. The van der Waals surface area contributed by atoms with Crippen LogP contribution in [0.5, 0.6) is 0 Å². The number of nitrogens with one attached hydrogen (secondary N) is 1. The molecule has 1 amide bonds. The van der Waals surface area contributed by atoms with E-state index >= 15 is 0 Å². The molecule has 1 aliphatic heterocycles. The van der Waals surface area contributed by atoms with Gasteiger partial charge in [-0.2, -0.15) is 5.10 Å². The summed E-state index contributed by atoms with van der Waals surface area (Å²) in [4.78, 5) is 27.3. The number of hydrogen-bond donors (Lipinski definition) is 2. The average molecular weight is 344 g/mol. The van der Waals surface area contributed by atoms with Gasteiger partial charge in [0.2, 0.25) is 0 Å². The number of carbonyl (C=O) groups is 1. The first-order chi connectivity index (χ1) is 11.8. The van der Waals surface area contributed by atoms with Crippen molar-refractivity contribution in [3.63, 3.8) is 0 Å². The highest BCUT2D eigenvalue weighted by atomic mass is 16.6. The summed E-state index contributed by atoms with van der Waals surface area (Å²) in [5.41, 5.74) is 5.96. The lowest BCUT2D eigenvalue weighted by molar-refractivity contribution is -0.384. The topological polar surface area (TPSA) is 129 Å². The van der Waals surface area contributed by atoms with Gasteiger partial charge in [-0.25, -0.2) is 9.67 Å². The number of nitrogens with zero attached hydrogens (tertiary/aromatic N) is 4. The van der Waals surface area contributed by atoms with E-state index in [0.29, 0.717) is 6.54 Å². The highest BCUT2D eigenvalue weighted by molar-refractivity contribution is 5.99. The second-order valence-corrected chi connectivity index (χ2v) is 6.46. The molecule has 1 atom stereocenters. The molecule has 0 aliphatic carbocycles. The summed E-state index contributed by atoms with van der Waals surface area (Å²) in [6.07, 6.45) is 1.45. The quantitative estimate of drug-likeness (QED) is 0.493. The molecule has 1 unspecified atom stereocenters. The number of carbonyl (C=O) groups excluding carboxylic acids is 1. The van der Waals surface area contributed by atoms with Crippen LogP contribution in [0.15, 0.2) is 18.2 Å². The molecule has 1 aliphatic rings. The van der Waals surface area contributed by atoms with Gasteiger partial charge in [0.15, 0.2) is 5.82 Å². The predicted octanol–water partition coefficient (Wildman–Crippen LogP) is 1.64. The van der Waals surface area contributed by atoms with Gasteiger partial charge in [-0.15, -0.1) is 0 Å². The number of aromatic nitrogens is 3. The zero-order chi connectivity index (χ0) is 18.1. The maximum absolute atomic E-state index is 12.5.